The molecule has 142 valence electrons. The number of carbonyl (C=O) groups is 1. The van der Waals surface area contributed by atoms with E-state index >= 15 is 0 Å². The Labute approximate surface area is 154 Å². The molecular formula is C19H26N2O4S. The molecule has 1 amide bonds. The van der Waals surface area contributed by atoms with Crippen molar-refractivity contribution in [1.82, 2.24) is 9.21 Å². The van der Waals surface area contributed by atoms with Crippen LogP contribution in [0.4, 0.5) is 0 Å². The van der Waals surface area contributed by atoms with Gasteiger partial charge in [0.05, 0.1) is 23.9 Å². The Hall–Kier alpha value is -1.44. The number of rotatable bonds is 5. The Morgan fingerprint density at radius 3 is 2.38 bits per heavy atom. The average molecular weight is 378 g/mol. The van der Waals surface area contributed by atoms with Crippen LogP contribution < -0.4 is 0 Å². The van der Waals surface area contributed by atoms with Gasteiger partial charge in [-0.25, -0.2) is 8.42 Å². The van der Waals surface area contributed by atoms with Gasteiger partial charge in [-0.05, 0) is 25.3 Å². The van der Waals surface area contributed by atoms with Gasteiger partial charge in [0, 0.05) is 24.9 Å². The van der Waals surface area contributed by atoms with Crippen LogP contribution in [-0.2, 0) is 14.8 Å². The zero-order chi connectivity index (χ0) is 18.5. The number of benzene rings is 1. The number of aliphatic hydroxyl groups excluding tert-OH is 1. The molecular weight excluding hydrogens is 352 g/mol. The fourth-order valence-electron chi connectivity index (χ4n) is 4.81. The fourth-order valence-corrected chi connectivity index (χ4v) is 6.02. The number of hydrogen-bond acceptors (Lipinski definition) is 4. The van der Waals surface area contributed by atoms with E-state index in [1.807, 2.05) is 35.2 Å². The monoisotopic (exact) mass is 378 g/mol. The maximum absolute atomic E-state index is 13.0. The second-order valence-electron chi connectivity index (χ2n) is 7.75. The lowest BCUT2D eigenvalue weighted by atomic mass is 9.60. The van der Waals surface area contributed by atoms with Crippen LogP contribution in [0.25, 0.3) is 0 Å². The predicted octanol–water partition coefficient (Wildman–Crippen LogP) is 1.18. The van der Waals surface area contributed by atoms with Crippen LogP contribution in [0.1, 0.15) is 37.7 Å². The van der Waals surface area contributed by atoms with E-state index < -0.39 is 15.6 Å². The van der Waals surface area contributed by atoms with E-state index in [1.165, 1.54) is 4.31 Å². The normalized spacial score (nSPS) is 28.3. The standard InChI is InChI=1S/C19H26N2O4S/c1-2-26(24,25)20-12-19(13-20)17(14-7-4-3-5-8-14)16(11-22)21(19)18(23)15-9-6-10-15/h3-5,7-8,15-17,22H,2,6,9-13H2,1H3/t16-,17+/m0/s1. The number of hydrogen-bond donors (Lipinski definition) is 1. The third kappa shape index (κ3) is 2.44. The highest BCUT2D eigenvalue weighted by molar-refractivity contribution is 7.89. The molecule has 1 N–H and O–H groups in total. The quantitative estimate of drug-likeness (QED) is 0.835. The Balaban J connectivity index is 1.67. The molecule has 2 aliphatic heterocycles. The van der Waals surface area contributed by atoms with Crippen molar-refractivity contribution in [3.05, 3.63) is 35.9 Å². The van der Waals surface area contributed by atoms with Crippen LogP contribution in [0.3, 0.4) is 0 Å². The van der Waals surface area contributed by atoms with E-state index in [2.05, 4.69) is 0 Å². The third-order valence-electron chi connectivity index (χ3n) is 6.47. The molecule has 2 saturated heterocycles. The molecule has 1 aromatic rings. The Kier molecular flexibility index (Phi) is 4.36. The molecule has 3 fully saturated rings. The Bertz CT molecular complexity index is 785. The molecule has 26 heavy (non-hydrogen) atoms. The van der Waals surface area contributed by atoms with Crippen LogP contribution in [0.15, 0.2) is 30.3 Å². The van der Waals surface area contributed by atoms with Gasteiger partial charge in [0.25, 0.3) is 0 Å². The first-order valence-corrected chi connectivity index (χ1v) is 11.0. The van der Waals surface area contributed by atoms with Crippen molar-refractivity contribution in [2.24, 2.45) is 5.92 Å². The number of likely N-dealkylation sites (tertiary alicyclic amines) is 1. The summed E-state index contributed by atoms with van der Waals surface area (Å²) in [4.78, 5) is 14.9. The van der Waals surface area contributed by atoms with Gasteiger partial charge in [-0.1, -0.05) is 36.8 Å². The van der Waals surface area contributed by atoms with Crippen LogP contribution in [0.2, 0.25) is 0 Å². The Morgan fingerprint density at radius 2 is 1.88 bits per heavy atom. The summed E-state index contributed by atoms with van der Waals surface area (Å²) in [5, 5.41) is 10.0. The largest absolute Gasteiger partial charge is 0.394 e. The highest BCUT2D eigenvalue weighted by atomic mass is 32.2. The molecule has 0 bridgehead atoms. The second kappa shape index (κ2) is 6.32. The SMILES string of the molecule is CCS(=O)(=O)N1CC2(C1)[C@H](c1ccccc1)[C@H](CO)N2C(=O)C1CCC1. The van der Waals surface area contributed by atoms with E-state index in [9.17, 15) is 18.3 Å². The molecule has 0 radical (unpaired) electrons. The molecule has 1 saturated carbocycles. The summed E-state index contributed by atoms with van der Waals surface area (Å²) >= 11 is 0. The Morgan fingerprint density at radius 1 is 1.23 bits per heavy atom. The van der Waals surface area contributed by atoms with Gasteiger partial charge >= 0.3 is 0 Å². The summed E-state index contributed by atoms with van der Waals surface area (Å²) in [7, 11) is -3.27. The van der Waals surface area contributed by atoms with Gasteiger partial charge in [0.1, 0.15) is 0 Å². The summed E-state index contributed by atoms with van der Waals surface area (Å²) < 4.78 is 26.0. The first-order valence-electron chi connectivity index (χ1n) is 9.41. The second-order valence-corrected chi connectivity index (χ2v) is 10.0. The maximum Gasteiger partial charge on any atom is 0.226 e. The number of sulfonamides is 1. The molecule has 1 aliphatic carbocycles. The van der Waals surface area contributed by atoms with Crippen LogP contribution in [0, 0.1) is 5.92 Å². The lowest BCUT2D eigenvalue weighted by Gasteiger charge is -2.70. The summed E-state index contributed by atoms with van der Waals surface area (Å²) in [6.45, 7) is 2.21. The van der Waals surface area contributed by atoms with Gasteiger partial charge in [-0.2, -0.15) is 4.31 Å². The molecule has 6 nitrogen and oxygen atoms in total. The van der Waals surface area contributed by atoms with E-state index in [0.29, 0.717) is 13.1 Å². The highest BCUT2D eigenvalue weighted by Gasteiger charge is 2.69. The zero-order valence-electron chi connectivity index (χ0n) is 15.0. The van der Waals surface area contributed by atoms with Crippen LogP contribution in [-0.4, -0.2) is 65.7 Å². The van der Waals surface area contributed by atoms with E-state index in [1.54, 1.807) is 6.92 Å². The van der Waals surface area contributed by atoms with E-state index in [0.717, 1.165) is 24.8 Å². The number of carbonyl (C=O) groups excluding carboxylic acids is 1. The van der Waals surface area contributed by atoms with Crippen molar-refractivity contribution < 1.29 is 18.3 Å². The predicted molar refractivity (Wildman–Crippen MR) is 98.0 cm³/mol. The van der Waals surface area contributed by atoms with Gasteiger partial charge in [-0.3, -0.25) is 4.79 Å². The summed E-state index contributed by atoms with van der Waals surface area (Å²) in [6.07, 6.45) is 2.87. The highest BCUT2D eigenvalue weighted by Crippen LogP contribution is 2.55. The first-order chi connectivity index (χ1) is 12.4. The van der Waals surface area contributed by atoms with Crippen molar-refractivity contribution >= 4 is 15.9 Å². The maximum atomic E-state index is 13.0. The lowest BCUT2D eigenvalue weighted by molar-refractivity contribution is -0.195. The van der Waals surface area contributed by atoms with Crippen molar-refractivity contribution in [2.75, 3.05) is 25.4 Å². The molecule has 7 heteroatoms. The van der Waals surface area contributed by atoms with Crippen LogP contribution >= 0.6 is 0 Å². The summed E-state index contributed by atoms with van der Waals surface area (Å²) in [5.74, 6) is 0.172. The zero-order valence-corrected chi connectivity index (χ0v) is 15.9. The molecule has 0 unspecified atom stereocenters. The van der Waals surface area contributed by atoms with Gasteiger partial charge in [0.2, 0.25) is 15.9 Å². The molecule has 0 aromatic heterocycles. The molecule has 3 aliphatic rings. The van der Waals surface area contributed by atoms with Crippen molar-refractivity contribution in [2.45, 2.75) is 43.7 Å². The lowest BCUT2D eigenvalue weighted by Crippen LogP contribution is -2.86. The number of nitrogens with zero attached hydrogens (tertiary/aromatic N) is 2. The van der Waals surface area contributed by atoms with Gasteiger partial charge in [0.15, 0.2) is 0 Å². The first kappa shape index (κ1) is 17.9. The molecule has 1 spiro atoms. The van der Waals surface area contributed by atoms with Crippen molar-refractivity contribution in [3.63, 3.8) is 0 Å². The topological polar surface area (TPSA) is 77.9 Å². The minimum atomic E-state index is -3.27. The molecule has 1 aromatic carbocycles. The number of aliphatic hydroxyl groups is 1. The number of amides is 1. The van der Waals surface area contributed by atoms with Crippen molar-refractivity contribution in [1.29, 1.82) is 0 Å². The van der Waals surface area contributed by atoms with Gasteiger partial charge < -0.3 is 10.0 Å². The molecule has 2 heterocycles. The minimum Gasteiger partial charge on any atom is -0.394 e. The van der Waals surface area contributed by atoms with E-state index in [4.69, 9.17) is 0 Å². The average Bonchev–Trinajstić information content (AvgIpc) is 2.52. The van der Waals surface area contributed by atoms with Gasteiger partial charge in [-0.15, -0.1) is 0 Å². The smallest absolute Gasteiger partial charge is 0.226 e. The summed E-state index contributed by atoms with van der Waals surface area (Å²) in [5.41, 5.74) is 0.557. The molecule has 2 atom stereocenters. The van der Waals surface area contributed by atoms with Crippen LogP contribution in [0.5, 0.6) is 0 Å². The minimum absolute atomic E-state index is 0.0268. The molecule has 4 rings (SSSR count). The summed E-state index contributed by atoms with van der Waals surface area (Å²) in [6, 6.07) is 9.60. The van der Waals surface area contributed by atoms with E-state index in [-0.39, 0.29) is 36.1 Å². The third-order valence-corrected chi connectivity index (χ3v) is 8.25. The van der Waals surface area contributed by atoms with Crippen molar-refractivity contribution in [3.8, 4) is 0 Å². The fraction of sp³-hybridized carbons (Fsp3) is 0.632.